The van der Waals surface area contributed by atoms with E-state index in [9.17, 15) is 27.4 Å². The van der Waals surface area contributed by atoms with Crippen LogP contribution in [0.4, 0.5) is 0 Å². The SMILES string of the molecule is O=C(OC1C2CC3C1OC(=O)C3C2C(=O)Oc1ccc(S(=O)(=O)[O-])cc1)c1ccc(I)c(I)c1. The van der Waals surface area contributed by atoms with E-state index in [2.05, 4.69) is 45.2 Å². The first-order chi connectivity index (χ1) is 16.0. The summed E-state index contributed by atoms with van der Waals surface area (Å²) in [5.41, 5.74) is 0.362. The summed E-state index contributed by atoms with van der Waals surface area (Å²) in [7, 11) is -4.63. The van der Waals surface area contributed by atoms with Gasteiger partial charge in [0.25, 0.3) is 0 Å². The first kappa shape index (κ1) is 23.9. The summed E-state index contributed by atoms with van der Waals surface area (Å²) in [5, 5.41) is 0. The van der Waals surface area contributed by atoms with E-state index in [1.807, 2.05) is 0 Å². The number of carbonyl (C=O) groups is 3. The molecule has 0 amide bonds. The zero-order chi connectivity index (χ0) is 24.4. The van der Waals surface area contributed by atoms with Crippen LogP contribution in [0.1, 0.15) is 16.8 Å². The topological polar surface area (TPSA) is 136 Å². The Bertz CT molecular complexity index is 1310. The molecule has 1 heterocycles. The van der Waals surface area contributed by atoms with Crippen molar-refractivity contribution in [2.24, 2.45) is 23.7 Å². The monoisotopic (exact) mass is 709 g/mol. The second-order valence-corrected chi connectivity index (χ2v) is 12.1. The molecule has 0 aromatic heterocycles. The Morgan fingerprint density at radius 3 is 2.38 bits per heavy atom. The van der Waals surface area contributed by atoms with E-state index in [0.29, 0.717) is 12.0 Å². The number of hydrogen-bond donors (Lipinski definition) is 0. The second-order valence-electron chi connectivity index (χ2n) is 8.36. The minimum Gasteiger partial charge on any atom is -0.744 e. The predicted molar refractivity (Wildman–Crippen MR) is 130 cm³/mol. The van der Waals surface area contributed by atoms with Crippen LogP contribution in [0.5, 0.6) is 5.75 Å². The fourth-order valence-corrected chi connectivity index (χ4v) is 6.46. The predicted octanol–water partition coefficient (Wildman–Crippen LogP) is 2.74. The third-order valence-electron chi connectivity index (χ3n) is 6.55. The molecule has 3 fully saturated rings. The summed E-state index contributed by atoms with van der Waals surface area (Å²) in [6.45, 7) is 0. The number of esters is 3. The van der Waals surface area contributed by atoms with Gasteiger partial charge in [0.15, 0.2) is 0 Å². The second kappa shape index (κ2) is 8.71. The van der Waals surface area contributed by atoms with Crippen molar-refractivity contribution in [3.05, 3.63) is 55.2 Å². The molecule has 5 rings (SSSR count). The molecule has 12 heteroatoms. The van der Waals surface area contributed by atoms with Gasteiger partial charge in [-0.05, 0) is 94.1 Å². The maximum absolute atomic E-state index is 13.1. The molecule has 1 saturated heterocycles. The van der Waals surface area contributed by atoms with Gasteiger partial charge in [0.1, 0.15) is 28.1 Å². The van der Waals surface area contributed by atoms with Crippen LogP contribution in [0.25, 0.3) is 0 Å². The molecule has 6 unspecified atom stereocenters. The molecule has 2 aromatic carbocycles. The van der Waals surface area contributed by atoms with Crippen LogP contribution in [-0.2, 0) is 29.2 Å². The lowest BCUT2D eigenvalue weighted by Crippen LogP contribution is -2.44. The van der Waals surface area contributed by atoms with Gasteiger partial charge in [0, 0.05) is 19.0 Å². The van der Waals surface area contributed by atoms with Gasteiger partial charge in [-0.15, -0.1) is 0 Å². The molecular weight excluding hydrogens is 694 g/mol. The maximum atomic E-state index is 13.1. The maximum Gasteiger partial charge on any atom is 0.338 e. The van der Waals surface area contributed by atoms with Crippen LogP contribution >= 0.6 is 45.2 Å². The van der Waals surface area contributed by atoms with Gasteiger partial charge in [-0.1, -0.05) is 0 Å². The molecule has 34 heavy (non-hydrogen) atoms. The van der Waals surface area contributed by atoms with E-state index in [-0.39, 0.29) is 11.7 Å². The molecule has 1 aliphatic heterocycles. The highest BCUT2D eigenvalue weighted by Crippen LogP contribution is 2.59. The molecular formula is C22H15I2O9S-. The highest BCUT2D eigenvalue weighted by Gasteiger charge is 2.70. The summed E-state index contributed by atoms with van der Waals surface area (Å²) < 4.78 is 51.8. The molecule has 0 spiro atoms. The van der Waals surface area contributed by atoms with E-state index in [1.54, 1.807) is 18.2 Å². The third-order valence-corrected chi connectivity index (χ3v) is 10.3. The average Bonchev–Trinajstić information content (AvgIpc) is 3.39. The minimum absolute atomic E-state index is 0.0325. The van der Waals surface area contributed by atoms with Gasteiger partial charge in [-0.25, -0.2) is 13.2 Å². The van der Waals surface area contributed by atoms with Crippen molar-refractivity contribution in [3.63, 3.8) is 0 Å². The largest absolute Gasteiger partial charge is 0.744 e. The van der Waals surface area contributed by atoms with Gasteiger partial charge >= 0.3 is 17.9 Å². The first-order valence-electron chi connectivity index (χ1n) is 10.2. The van der Waals surface area contributed by atoms with Crippen LogP contribution < -0.4 is 4.74 Å². The molecule has 2 aromatic rings. The Balaban J connectivity index is 1.35. The van der Waals surface area contributed by atoms with Crippen LogP contribution in [-0.4, -0.2) is 43.1 Å². The molecule has 2 bridgehead atoms. The van der Waals surface area contributed by atoms with Crippen LogP contribution in [0.2, 0.25) is 0 Å². The number of hydrogen-bond acceptors (Lipinski definition) is 9. The van der Waals surface area contributed by atoms with Crippen molar-refractivity contribution in [2.75, 3.05) is 0 Å². The Kier molecular flexibility index (Phi) is 6.13. The first-order valence-corrected chi connectivity index (χ1v) is 13.8. The minimum atomic E-state index is -4.63. The normalized spacial score (nSPS) is 29.1. The van der Waals surface area contributed by atoms with Gasteiger partial charge in [0.2, 0.25) is 0 Å². The summed E-state index contributed by atoms with van der Waals surface area (Å²) in [5.74, 6) is -4.00. The number of carbonyl (C=O) groups excluding carboxylic acids is 3. The summed E-state index contributed by atoms with van der Waals surface area (Å²) in [6.07, 6.45) is -0.890. The molecule has 6 atom stereocenters. The van der Waals surface area contributed by atoms with Gasteiger partial charge < -0.3 is 18.8 Å². The average molecular weight is 709 g/mol. The molecule has 3 aliphatic rings. The zero-order valence-electron chi connectivity index (χ0n) is 17.1. The molecule has 9 nitrogen and oxygen atoms in total. The summed E-state index contributed by atoms with van der Waals surface area (Å²) in [4.78, 5) is 37.9. The van der Waals surface area contributed by atoms with E-state index >= 15 is 0 Å². The Labute approximate surface area is 221 Å². The van der Waals surface area contributed by atoms with Crippen molar-refractivity contribution < 1.29 is 41.6 Å². The standard InChI is InChI=1S/C22H16I2O9S/c23-14-6-1-9(7-15(14)24)20(25)32-18-12-8-13-17(22(27)33-19(13)18)16(12)21(26)31-10-2-4-11(5-3-10)34(28,29)30/h1-7,12-13,16-19H,8H2,(H,28,29,30)/p-1. The molecule has 0 N–H and O–H groups in total. The Hall–Kier alpha value is -1.78. The fourth-order valence-electron chi connectivity index (χ4n) is 5.14. The highest BCUT2D eigenvalue weighted by molar-refractivity contribution is 14.1. The Morgan fingerprint density at radius 1 is 1.03 bits per heavy atom. The molecule has 2 aliphatic carbocycles. The van der Waals surface area contributed by atoms with Crippen LogP contribution in [0.15, 0.2) is 47.4 Å². The van der Waals surface area contributed by atoms with Gasteiger partial charge in [-0.3, -0.25) is 9.59 Å². The lowest BCUT2D eigenvalue weighted by Gasteiger charge is -2.30. The summed E-state index contributed by atoms with van der Waals surface area (Å²) in [6, 6.07) is 9.63. The number of rotatable bonds is 5. The number of halogens is 2. The smallest absolute Gasteiger partial charge is 0.338 e. The van der Waals surface area contributed by atoms with Crippen molar-refractivity contribution in [2.45, 2.75) is 23.5 Å². The number of ether oxygens (including phenoxy) is 3. The van der Waals surface area contributed by atoms with Crippen molar-refractivity contribution in [1.29, 1.82) is 0 Å². The Morgan fingerprint density at radius 2 is 1.74 bits per heavy atom. The highest BCUT2D eigenvalue weighted by atomic mass is 127. The van der Waals surface area contributed by atoms with Gasteiger partial charge in [-0.2, -0.15) is 0 Å². The number of fused-ring (bicyclic) bond motifs is 1. The van der Waals surface area contributed by atoms with Crippen molar-refractivity contribution in [3.8, 4) is 5.75 Å². The van der Waals surface area contributed by atoms with E-state index < -0.39 is 62.9 Å². The third kappa shape index (κ3) is 4.11. The van der Waals surface area contributed by atoms with Crippen molar-refractivity contribution >= 4 is 73.2 Å². The van der Waals surface area contributed by atoms with E-state index in [0.717, 1.165) is 19.3 Å². The van der Waals surface area contributed by atoms with E-state index in [4.69, 9.17) is 14.2 Å². The van der Waals surface area contributed by atoms with E-state index in [1.165, 1.54) is 12.1 Å². The lowest BCUT2D eigenvalue weighted by molar-refractivity contribution is -0.149. The van der Waals surface area contributed by atoms with Crippen LogP contribution in [0, 0.1) is 30.8 Å². The van der Waals surface area contributed by atoms with Crippen molar-refractivity contribution in [1.82, 2.24) is 0 Å². The zero-order valence-corrected chi connectivity index (χ0v) is 22.2. The molecule has 2 saturated carbocycles. The molecule has 178 valence electrons. The van der Waals surface area contributed by atoms with Gasteiger partial charge in [0.05, 0.1) is 22.3 Å². The molecule has 0 radical (unpaired) electrons. The van der Waals surface area contributed by atoms with Crippen LogP contribution in [0.3, 0.4) is 0 Å². The lowest BCUT2D eigenvalue weighted by atomic mass is 9.78. The fraction of sp³-hybridized carbons (Fsp3) is 0.318. The quantitative estimate of drug-likeness (QED) is 0.199. The summed E-state index contributed by atoms with van der Waals surface area (Å²) >= 11 is 4.28. The number of benzene rings is 2.